The minimum atomic E-state index is -4.60. The molecule has 2 atom stereocenters. The average molecular weight is 457 g/mol. The molecule has 33 heavy (non-hydrogen) atoms. The van der Waals surface area contributed by atoms with Gasteiger partial charge in [-0.05, 0) is 49.6 Å². The van der Waals surface area contributed by atoms with Crippen molar-refractivity contribution in [2.24, 2.45) is 11.3 Å². The Bertz CT molecular complexity index is 1050. The maximum Gasteiger partial charge on any atom is 0.417 e. The number of hydrogen-bond donors (Lipinski definition) is 0. The van der Waals surface area contributed by atoms with Crippen molar-refractivity contribution in [3.63, 3.8) is 0 Å². The predicted molar refractivity (Wildman–Crippen MR) is 118 cm³/mol. The predicted octanol–water partition coefficient (Wildman–Crippen LogP) is 4.58. The topological polar surface area (TPSA) is 56.6 Å². The summed E-state index contributed by atoms with van der Waals surface area (Å²) in [4.78, 5) is 16.9. The smallest absolute Gasteiger partial charge is 0.381 e. The lowest BCUT2D eigenvalue weighted by molar-refractivity contribution is -0.137. The molecule has 4 rings (SSSR count). The van der Waals surface area contributed by atoms with Crippen LogP contribution in [0.5, 0.6) is 0 Å². The zero-order chi connectivity index (χ0) is 23.6. The molecule has 0 saturated carbocycles. The van der Waals surface area contributed by atoms with Gasteiger partial charge < -0.3 is 14.5 Å². The van der Waals surface area contributed by atoms with Crippen LogP contribution in [0, 0.1) is 22.7 Å². The highest BCUT2D eigenvalue weighted by molar-refractivity contribution is 5.94. The number of benzene rings is 2. The van der Waals surface area contributed by atoms with Gasteiger partial charge in [-0.15, -0.1) is 0 Å². The molecular formula is C25H26F3N3O2. The molecule has 0 bridgehead atoms. The lowest BCUT2D eigenvalue weighted by Gasteiger charge is -2.43. The minimum absolute atomic E-state index is 0.0406. The molecule has 2 aromatic carbocycles. The molecule has 2 aromatic rings. The maximum absolute atomic E-state index is 13.5. The van der Waals surface area contributed by atoms with Crippen molar-refractivity contribution in [3.05, 3.63) is 65.2 Å². The highest BCUT2D eigenvalue weighted by Gasteiger charge is 2.51. The van der Waals surface area contributed by atoms with Crippen molar-refractivity contribution in [2.45, 2.75) is 19.5 Å². The van der Waals surface area contributed by atoms with E-state index in [2.05, 4.69) is 0 Å². The standard InChI is InChI=1S/C25H26F3N3O2/c1-2-33-17-24-15-30(23(32)18-6-4-3-5-7-18)11-10-20(24)14-31(16-24)21-9-8-19(13-29)22(12-21)25(26,27)28/h3-9,12,20H,2,10-11,14-17H2,1H3. The maximum atomic E-state index is 13.5. The number of nitriles is 1. The zero-order valence-corrected chi connectivity index (χ0v) is 18.4. The summed E-state index contributed by atoms with van der Waals surface area (Å²) in [5.41, 5.74) is -0.610. The number of anilines is 1. The number of nitrogens with zero attached hydrogens (tertiary/aromatic N) is 3. The number of carbonyl (C=O) groups is 1. The number of likely N-dealkylation sites (tertiary alicyclic amines) is 1. The number of halogens is 3. The summed E-state index contributed by atoms with van der Waals surface area (Å²) in [6.07, 6.45) is -3.85. The van der Waals surface area contributed by atoms with Crippen LogP contribution in [0.2, 0.25) is 0 Å². The molecule has 174 valence electrons. The third-order valence-corrected chi connectivity index (χ3v) is 6.76. The van der Waals surface area contributed by atoms with Crippen LogP contribution in [0.15, 0.2) is 48.5 Å². The molecule has 0 aliphatic carbocycles. The SMILES string of the molecule is CCOCC12CN(C(=O)c3ccccc3)CCC1CN(c1ccc(C#N)c(C(F)(F)F)c1)C2. The van der Waals surface area contributed by atoms with Crippen molar-refractivity contribution < 1.29 is 22.7 Å². The van der Waals surface area contributed by atoms with E-state index in [9.17, 15) is 18.0 Å². The Balaban J connectivity index is 1.61. The summed E-state index contributed by atoms with van der Waals surface area (Å²) >= 11 is 0. The van der Waals surface area contributed by atoms with E-state index in [4.69, 9.17) is 10.00 Å². The van der Waals surface area contributed by atoms with Gasteiger partial charge in [-0.2, -0.15) is 18.4 Å². The first-order valence-electron chi connectivity index (χ1n) is 11.1. The number of ether oxygens (including phenoxy) is 1. The van der Waals surface area contributed by atoms with Gasteiger partial charge in [0, 0.05) is 49.5 Å². The molecule has 2 aliphatic heterocycles. The number of alkyl halides is 3. The Hall–Kier alpha value is -3.05. The Morgan fingerprint density at radius 3 is 2.64 bits per heavy atom. The number of amides is 1. The summed E-state index contributed by atoms with van der Waals surface area (Å²) in [5, 5.41) is 9.10. The monoisotopic (exact) mass is 457 g/mol. The number of hydrogen-bond acceptors (Lipinski definition) is 4. The summed E-state index contributed by atoms with van der Waals surface area (Å²) < 4.78 is 46.3. The summed E-state index contributed by atoms with van der Waals surface area (Å²) in [7, 11) is 0. The third kappa shape index (κ3) is 4.55. The molecule has 2 heterocycles. The Kier molecular flexibility index (Phi) is 6.35. The fourth-order valence-corrected chi connectivity index (χ4v) is 5.09. The van der Waals surface area contributed by atoms with Gasteiger partial charge in [0.05, 0.1) is 23.8 Å². The van der Waals surface area contributed by atoms with Crippen LogP contribution in [0.1, 0.15) is 34.8 Å². The van der Waals surface area contributed by atoms with Crippen LogP contribution >= 0.6 is 0 Å². The van der Waals surface area contributed by atoms with Crippen LogP contribution < -0.4 is 4.90 Å². The quantitative estimate of drug-likeness (QED) is 0.660. The molecule has 0 aromatic heterocycles. The van der Waals surface area contributed by atoms with E-state index in [1.807, 2.05) is 34.9 Å². The van der Waals surface area contributed by atoms with Crippen LogP contribution in [0.4, 0.5) is 18.9 Å². The second-order valence-electron chi connectivity index (χ2n) is 8.80. The molecule has 8 heteroatoms. The second-order valence-corrected chi connectivity index (χ2v) is 8.80. The Labute approximate surface area is 191 Å². The van der Waals surface area contributed by atoms with Crippen LogP contribution in [0.3, 0.4) is 0 Å². The van der Waals surface area contributed by atoms with E-state index in [1.165, 1.54) is 6.07 Å². The fourth-order valence-electron chi connectivity index (χ4n) is 5.09. The minimum Gasteiger partial charge on any atom is -0.381 e. The summed E-state index contributed by atoms with van der Waals surface area (Å²) in [6.45, 7) is 5.03. The molecule has 2 saturated heterocycles. The molecule has 0 N–H and O–H groups in total. The van der Waals surface area contributed by atoms with Crippen molar-refractivity contribution in [2.75, 3.05) is 44.3 Å². The number of rotatable bonds is 5. The molecule has 0 radical (unpaired) electrons. The average Bonchev–Trinajstić information content (AvgIpc) is 3.21. The molecule has 2 unspecified atom stereocenters. The van der Waals surface area contributed by atoms with Crippen LogP contribution in [-0.2, 0) is 10.9 Å². The van der Waals surface area contributed by atoms with Gasteiger partial charge in [0.2, 0.25) is 0 Å². The van der Waals surface area contributed by atoms with E-state index in [0.29, 0.717) is 50.6 Å². The van der Waals surface area contributed by atoms with Crippen molar-refractivity contribution in [1.82, 2.24) is 4.90 Å². The lowest BCUT2D eigenvalue weighted by Crippen LogP contribution is -2.53. The lowest BCUT2D eigenvalue weighted by atomic mass is 9.73. The molecule has 1 amide bonds. The fraction of sp³-hybridized carbons (Fsp3) is 0.440. The molecule has 5 nitrogen and oxygen atoms in total. The van der Waals surface area contributed by atoms with E-state index in [1.54, 1.807) is 24.3 Å². The molecule has 2 aliphatic rings. The number of carbonyl (C=O) groups excluding carboxylic acids is 1. The van der Waals surface area contributed by atoms with Gasteiger partial charge in [-0.1, -0.05) is 18.2 Å². The summed E-state index contributed by atoms with van der Waals surface area (Å²) in [6, 6.07) is 14.6. The largest absolute Gasteiger partial charge is 0.417 e. The van der Waals surface area contributed by atoms with Crippen molar-refractivity contribution >= 4 is 11.6 Å². The van der Waals surface area contributed by atoms with Gasteiger partial charge in [0.25, 0.3) is 5.91 Å². The van der Waals surface area contributed by atoms with Crippen molar-refractivity contribution in [1.29, 1.82) is 5.26 Å². The van der Waals surface area contributed by atoms with Gasteiger partial charge in [-0.25, -0.2) is 0 Å². The Morgan fingerprint density at radius 1 is 1.21 bits per heavy atom. The number of fused-ring (bicyclic) bond motifs is 1. The first-order valence-corrected chi connectivity index (χ1v) is 11.1. The highest BCUT2D eigenvalue weighted by Crippen LogP contribution is 2.45. The van der Waals surface area contributed by atoms with E-state index in [0.717, 1.165) is 12.5 Å². The van der Waals surface area contributed by atoms with Gasteiger partial charge in [0.15, 0.2) is 0 Å². The second kappa shape index (κ2) is 9.06. The van der Waals surface area contributed by atoms with E-state index < -0.39 is 11.7 Å². The van der Waals surface area contributed by atoms with E-state index >= 15 is 0 Å². The highest BCUT2D eigenvalue weighted by atomic mass is 19.4. The van der Waals surface area contributed by atoms with Crippen LogP contribution in [-0.4, -0.2) is 50.2 Å². The van der Waals surface area contributed by atoms with Gasteiger partial charge in [0.1, 0.15) is 0 Å². The first kappa shape index (κ1) is 23.1. The van der Waals surface area contributed by atoms with Gasteiger partial charge >= 0.3 is 6.18 Å². The first-order chi connectivity index (χ1) is 15.8. The van der Waals surface area contributed by atoms with Gasteiger partial charge in [-0.3, -0.25) is 4.79 Å². The summed E-state index contributed by atoms with van der Waals surface area (Å²) in [5.74, 6) is 0.148. The van der Waals surface area contributed by atoms with Crippen molar-refractivity contribution in [3.8, 4) is 6.07 Å². The zero-order valence-electron chi connectivity index (χ0n) is 18.4. The third-order valence-electron chi connectivity index (χ3n) is 6.76. The van der Waals surface area contributed by atoms with Crippen LogP contribution in [0.25, 0.3) is 0 Å². The molecule has 2 fully saturated rings. The molecular weight excluding hydrogens is 431 g/mol. The van der Waals surface area contributed by atoms with E-state index in [-0.39, 0.29) is 22.8 Å². The number of piperidine rings is 1. The normalized spacial score (nSPS) is 22.7. The molecule has 0 spiro atoms. The Morgan fingerprint density at radius 2 is 1.97 bits per heavy atom.